The van der Waals surface area contributed by atoms with Gasteiger partial charge in [-0.2, -0.15) is 0 Å². The van der Waals surface area contributed by atoms with Gasteiger partial charge in [-0.1, -0.05) is 29.7 Å². The lowest BCUT2D eigenvalue weighted by molar-refractivity contribution is -0.122. The maximum Gasteiger partial charge on any atom is 0.259 e. The van der Waals surface area contributed by atoms with Gasteiger partial charge < -0.3 is 14.7 Å². The Morgan fingerprint density at radius 2 is 2.00 bits per heavy atom. The van der Waals surface area contributed by atoms with Crippen molar-refractivity contribution in [1.29, 1.82) is 0 Å². The molecule has 29 heavy (non-hydrogen) atoms. The standard InChI is InChI=1S/C20H24ClFN4O3/c1-3-7-23-16(27)12-25-8-10-26(11-9-25)20(28)17-13(2)29-24-19(17)18-14(21)5-4-6-15(18)22/h4-6H,3,7-12H2,1-2H3,(H,23,27). The van der Waals surface area contributed by atoms with Crippen LogP contribution in [-0.4, -0.2) is 66.0 Å². The maximum absolute atomic E-state index is 14.4. The second-order valence-corrected chi connectivity index (χ2v) is 7.38. The van der Waals surface area contributed by atoms with E-state index in [0.717, 1.165) is 6.42 Å². The van der Waals surface area contributed by atoms with Crippen molar-refractivity contribution < 1.29 is 18.5 Å². The van der Waals surface area contributed by atoms with E-state index < -0.39 is 5.82 Å². The van der Waals surface area contributed by atoms with Crippen LogP contribution in [0.25, 0.3) is 11.3 Å². The molecule has 0 atom stereocenters. The molecule has 1 aromatic heterocycles. The molecule has 156 valence electrons. The first kappa shape index (κ1) is 21.3. The van der Waals surface area contributed by atoms with E-state index in [1.54, 1.807) is 17.9 Å². The fraction of sp³-hybridized carbons (Fsp3) is 0.450. The van der Waals surface area contributed by atoms with Crippen LogP contribution in [0.5, 0.6) is 0 Å². The predicted octanol–water partition coefficient (Wildman–Crippen LogP) is 2.73. The Morgan fingerprint density at radius 1 is 1.28 bits per heavy atom. The summed E-state index contributed by atoms with van der Waals surface area (Å²) in [4.78, 5) is 28.7. The molecule has 7 nitrogen and oxygen atoms in total. The highest BCUT2D eigenvalue weighted by atomic mass is 35.5. The third-order valence-corrected chi connectivity index (χ3v) is 5.19. The minimum atomic E-state index is -0.567. The van der Waals surface area contributed by atoms with Crippen LogP contribution < -0.4 is 5.32 Å². The molecule has 2 aromatic rings. The molecule has 2 heterocycles. The van der Waals surface area contributed by atoms with E-state index in [1.807, 2.05) is 11.8 Å². The van der Waals surface area contributed by atoms with Crippen molar-refractivity contribution in [2.75, 3.05) is 39.3 Å². The smallest absolute Gasteiger partial charge is 0.259 e. The number of piperazine rings is 1. The zero-order valence-electron chi connectivity index (χ0n) is 16.5. The highest BCUT2D eigenvalue weighted by Gasteiger charge is 2.30. The number of halogens is 2. The van der Waals surface area contributed by atoms with E-state index in [1.165, 1.54) is 12.1 Å². The fourth-order valence-corrected chi connectivity index (χ4v) is 3.56. The van der Waals surface area contributed by atoms with Crippen molar-refractivity contribution in [2.45, 2.75) is 20.3 Å². The molecule has 0 radical (unpaired) electrons. The van der Waals surface area contributed by atoms with Crippen molar-refractivity contribution in [3.05, 3.63) is 40.4 Å². The van der Waals surface area contributed by atoms with E-state index in [-0.39, 0.29) is 33.7 Å². The molecule has 1 N–H and O–H groups in total. The summed E-state index contributed by atoms with van der Waals surface area (Å²) in [5.74, 6) is -0.556. The van der Waals surface area contributed by atoms with Crippen LogP contribution in [0.2, 0.25) is 5.02 Å². The van der Waals surface area contributed by atoms with Gasteiger partial charge in [-0.3, -0.25) is 14.5 Å². The Labute approximate surface area is 173 Å². The molecule has 1 aliphatic heterocycles. The molecule has 1 aliphatic rings. The number of hydrogen-bond acceptors (Lipinski definition) is 5. The quantitative estimate of drug-likeness (QED) is 0.774. The number of amides is 2. The molecule has 0 unspecified atom stereocenters. The van der Waals surface area contributed by atoms with Gasteiger partial charge in [0.05, 0.1) is 17.1 Å². The average molecular weight is 423 g/mol. The minimum Gasteiger partial charge on any atom is -0.360 e. The molecule has 0 spiro atoms. The fourth-order valence-electron chi connectivity index (χ4n) is 3.31. The maximum atomic E-state index is 14.4. The second-order valence-electron chi connectivity index (χ2n) is 6.98. The Kier molecular flexibility index (Phi) is 6.87. The first-order valence-corrected chi connectivity index (χ1v) is 9.99. The number of nitrogens with zero attached hydrogens (tertiary/aromatic N) is 3. The van der Waals surface area contributed by atoms with E-state index in [0.29, 0.717) is 45.0 Å². The summed E-state index contributed by atoms with van der Waals surface area (Å²) in [5, 5.41) is 6.91. The van der Waals surface area contributed by atoms with Crippen LogP contribution in [0, 0.1) is 12.7 Å². The molecule has 1 aromatic carbocycles. The molecular formula is C20H24ClFN4O3. The molecule has 2 amide bonds. The van der Waals surface area contributed by atoms with E-state index in [2.05, 4.69) is 10.5 Å². The van der Waals surface area contributed by atoms with Crippen molar-refractivity contribution in [3.8, 4) is 11.3 Å². The number of nitrogens with one attached hydrogen (secondary N) is 1. The van der Waals surface area contributed by atoms with Gasteiger partial charge in [0.2, 0.25) is 5.91 Å². The lowest BCUT2D eigenvalue weighted by atomic mass is 10.0. The van der Waals surface area contributed by atoms with Crippen LogP contribution in [-0.2, 0) is 4.79 Å². The van der Waals surface area contributed by atoms with Crippen LogP contribution in [0.1, 0.15) is 29.5 Å². The predicted molar refractivity (Wildman–Crippen MR) is 107 cm³/mol. The van der Waals surface area contributed by atoms with Gasteiger partial charge in [0.25, 0.3) is 5.91 Å². The molecule has 0 bridgehead atoms. The number of carbonyl (C=O) groups is 2. The molecular weight excluding hydrogens is 399 g/mol. The molecule has 0 saturated carbocycles. The topological polar surface area (TPSA) is 78.7 Å². The van der Waals surface area contributed by atoms with Gasteiger partial charge in [-0.25, -0.2) is 4.39 Å². The monoisotopic (exact) mass is 422 g/mol. The SMILES string of the molecule is CCCNC(=O)CN1CCN(C(=O)c2c(-c3c(F)cccc3Cl)noc2C)CC1. The summed E-state index contributed by atoms with van der Waals surface area (Å²) >= 11 is 6.15. The first-order chi connectivity index (χ1) is 13.9. The molecule has 0 aliphatic carbocycles. The van der Waals surface area contributed by atoms with Crippen molar-refractivity contribution in [2.24, 2.45) is 0 Å². The zero-order valence-corrected chi connectivity index (χ0v) is 17.3. The number of aromatic nitrogens is 1. The van der Waals surface area contributed by atoms with Crippen molar-refractivity contribution >= 4 is 23.4 Å². The number of carbonyl (C=O) groups excluding carboxylic acids is 2. The molecule has 1 fully saturated rings. The summed E-state index contributed by atoms with van der Waals surface area (Å²) in [6.07, 6.45) is 0.889. The lowest BCUT2D eigenvalue weighted by Crippen LogP contribution is -2.51. The van der Waals surface area contributed by atoms with Gasteiger partial charge in [0.1, 0.15) is 22.8 Å². The van der Waals surface area contributed by atoms with E-state index in [9.17, 15) is 14.0 Å². The normalized spacial score (nSPS) is 14.8. The third kappa shape index (κ3) is 4.76. The Morgan fingerprint density at radius 3 is 2.66 bits per heavy atom. The van der Waals surface area contributed by atoms with Gasteiger partial charge in [0, 0.05) is 32.7 Å². The summed E-state index contributed by atoms with van der Waals surface area (Å²) < 4.78 is 19.6. The number of benzene rings is 1. The number of rotatable bonds is 6. The largest absolute Gasteiger partial charge is 0.360 e. The van der Waals surface area contributed by atoms with Crippen molar-refractivity contribution in [1.82, 2.24) is 20.3 Å². The zero-order chi connectivity index (χ0) is 21.0. The van der Waals surface area contributed by atoms with Crippen LogP contribution in [0.15, 0.2) is 22.7 Å². The third-order valence-electron chi connectivity index (χ3n) is 4.88. The average Bonchev–Trinajstić information content (AvgIpc) is 3.07. The van der Waals surface area contributed by atoms with E-state index >= 15 is 0 Å². The number of aryl methyl sites for hydroxylation is 1. The second kappa shape index (κ2) is 9.37. The van der Waals surface area contributed by atoms with Gasteiger partial charge in [0.15, 0.2) is 0 Å². The summed E-state index contributed by atoms with van der Waals surface area (Å²) in [7, 11) is 0. The summed E-state index contributed by atoms with van der Waals surface area (Å²) in [6.45, 7) is 6.64. The van der Waals surface area contributed by atoms with E-state index in [4.69, 9.17) is 16.1 Å². The van der Waals surface area contributed by atoms with Crippen molar-refractivity contribution in [3.63, 3.8) is 0 Å². The highest BCUT2D eigenvalue weighted by molar-refractivity contribution is 6.33. The Bertz CT molecular complexity index is 874. The number of hydrogen-bond donors (Lipinski definition) is 1. The summed E-state index contributed by atoms with van der Waals surface area (Å²) in [6, 6.07) is 4.30. The Hall–Kier alpha value is -2.45. The van der Waals surface area contributed by atoms with Gasteiger partial charge >= 0.3 is 0 Å². The van der Waals surface area contributed by atoms with Crippen LogP contribution >= 0.6 is 11.6 Å². The first-order valence-electron chi connectivity index (χ1n) is 9.61. The summed E-state index contributed by atoms with van der Waals surface area (Å²) in [5.41, 5.74) is 0.378. The Balaban J connectivity index is 1.71. The molecule has 1 saturated heterocycles. The van der Waals surface area contributed by atoms with Gasteiger partial charge in [-0.05, 0) is 25.5 Å². The molecule has 3 rings (SSSR count). The lowest BCUT2D eigenvalue weighted by Gasteiger charge is -2.34. The highest BCUT2D eigenvalue weighted by Crippen LogP contribution is 2.34. The van der Waals surface area contributed by atoms with Crippen LogP contribution in [0.4, 0.5) is 4.39 Å². The van der Waals surface area contributed by atoms with Crippen LogP contribution in [0.3, 0.4) is 0 Å². The van der Waals surface area contributed by atoms with Gasteiger partial charge in [-0.15, -0.1) is 0 Å². The molecule has 9 heteroatoms. The minimum absolute atomic E-state index is 0.0158.